The molecule has 2 rings (SSSR count). The van der Waals surface area contributed by atoms with Gasteiger partial charge in [-0.05, 0) is 47.6 Å². The molecule has 1 heterocycles. The number of hydrogen-bond acceptors (Lipinski definition) is 8. The number of aromatic nitrogens is 3. The number of carbonyl (C=O) groups is 2. The number of rotatable bonds is 4. The quantitative estimate of drug-likeness (QED) is 0.445. The molecule has 0 radical (unpaired) electrons. The molecule has 0 spiro atoms. The summed E-state index contributed by atoms with van der Waals surface area (Å²) >= 11 is 0. The lowest BCUT2D eigenvalue weighted by atomic mass is 10.2. The van der Waals surface area contributed by atoms with Gasteiger partial charge in [-0.2, -0.15) is 0 Å². The van der Waals surface area contributed by atoms with Crippen LogP contribution in [0.2, 0.25) is 0 Å². The molecule has 158 valence electrons. The molecule has 12 heteroatoms. The summed E-state index contributed by atoms with van der Waals surface area (Å²) < 4.78 is 11.5. The third-order valence-electron chi connectivity index (χ3n) is 3.22. The molecule has 0 unspecified atom stereocenters. The molecule has 0 aliphatic rings. The summed E-state index contributed by atoms with van der Waals surface area (Å²) in [5.41, 5.74) is -1.23. The van der Waals surface area contributed by atoms with Crippen LogP contribution in [-0.2, 0) is 9.47 Å². The van der Waals surface area contributed by atoms with Crippen LogP contribution in [-0.4, -0.2) is 43.3 Å². The summed E-state index contributed by atoms with van der Waals surface area (Å²) in [6, 6.07) is 3.92. The van der Waals surface area contributed by atoms with Crippen LogP contribution < -0.4 is 10.6 Å². The average molecular weight is 408 g/mol. The zero-order valence-electron chi connectivity index (χ0n) is 17.0. The van der Waals surface area contributed by atoms with Crippen LogP contribution in [0.4, 0.5) is 15.3 Å². The highest BCUT2D eigenvalue weighted by atomic mass is 16.6. The van der Waals surface area contributed by atoms with Gasteiger partial charge in [0.05, 0.1) is 10.4 Å². The number of fused-ring (bicyclic) bond motifs is 1. The minimum absolute atomic E-state index is 0.200. The molecule has 0 fully saturated rings. The van der Waals surface area contributed by atoms with Crippen molar-refractivity contribution in [3.05, 3.63) is 28.3 Å². The molecular weight excluding hydrogens is 384 g/mol. The topological polar surface area (TPSA) is 151 Å². The third kappa shape index (κ3) is 6.30. The van der Waals surface area contributed by atoms with E-state index in [0.29, 0.717) is 5.52 Å². The Bertz CT molecular complexity index is 897. The van der Waals surface area contributed by atoms with Crippen molar-refractivity contribution in [3.63, 3.8) is 0 Å². The molecule has 29 heavy (non-hydrogen) atoms. The smallest absolute Gasteiger partial charge is 0.410 e. The van der Waals surface area contributed by atoms with E-state index in [9.17, 15) is 19.7 Å². The fourth-order valence-corrected chi connectivity index (χ4v) is 2.23. The molecule has 0 aliphatic carbocycles. The van der Waals surface area contributed by atoms with Crippen molar-refractivity contribution in [2.24, 2.45) is 0 Å². The van der Waals surface area contributed by atoms with Crippen molar-refractivity contribution in [2.45, 2.75) is 59.0 Å². The van der Waals surface area contributed by atoms with Crippen LogP contribution in [0.3, 0.4) is 0 Å². The van der Waals surface area contributed by atoms with Crippen LogP contribution in [0.25, 0.3) is 11.0 Å². The lowest BCUT2D eigenvalue weighted by Crippen LogP contribution is -2.47. The van der Waals surface area contributed by atoms with Gasteiger partial charge >= 0.3 is 12.2 Å². The predicted octanol–water partition coefficient (Wildman–Crippen LogP) is 2.85. The van der Waals surface area contributed by atoms with Gasteiger partial charge in [-0.25, -0.2) is 14.3 Å². The maximum atomic E-state index is 12.2. The monoisotopic (exact) mass is 408 g/mol. The van der Waals surface area contributed by atoms with E-state index in [0.717, 1.165) is 4.68 Å². The van der Waals surface area contributed by atoms with Crippen LogP contribution >= 0.6 is 0 Å². The van der Waals surface area contributed by atoms with Crippen molar-refractivity contribution in [2.75, 3.05) is 0 Å². The van der Waals surface area contributed by atoms with Gasteiger partial charge < -0.3 is 9.47 Å². The maximum Gasteiger partial charge on any atom is 0.410 e. The summed E-state index contributed by atoms with van der Waals surface area (Å²) in [5.74, 6) is 0. The first-order valence-electron chi connectivity index (χ1n) is 8.73. The molecule has 0 aliphatic heterocycles. The number of benzene rings is 1. The van der Waals surface area contributed by atoms with Crippen LogP contribution in [0.1, 0.15) is 47.8 Å². The molecule has 2 N–H and O–H groups in total. The van der Waals surface area contributed by atoms with Gasteiger partial charge in [-0.1, -0.05) is 5.21 Å². The lowest BCUT2D eigenvalue weighted by Gasteiger charge is -2.26. The first-order valence-corrected chi connectivity index (χ1v) is 8.73. The zero-order valence-corrected chi connectivity index (χ0v) is 17.0. The van der Waals surface area contributed by atoms with Gasteiger partial charge in [0.25, 0.3) is 5.69 Å². The normalized spacial score (nSPS) is 12.0. The summed E-state index contributed by atoms with van der Waals surface area (Å²) in [4.78, 5) is 35.0. The van der Waals surface area contributed by atoms with Crippen molar-refractivity contribution < 1.29 is 24.0 Å². The second kappa shape index (κ2) is 7.89. The van der Waals surface area contributed by atoms with E-state index in [-0.39, 0.29) is 11.2 Å². The van der Waals surface area contributed by atoms with Crippen LogP contribution in [0, 0.1) is 10.1 Å². The molecule has 2 aromatic rings. The highest BCUT2D eigenvalue weighted by molar-refractivity contribution is 5.78. The number of hydrogen-bond donors (Lipinski definition) is 2. The van der Waals surface area contributed by atoms with E-state index in [1.54, 1.807) is 41.5 Å². The number of nitrogens with one attached hydrogen (secondary N) is 2. The highest BCUT2D eigenvalue weighted by Crippen LogP contribution is 2.21. The Labute approximate surface area is 166 Å². The van der Waals surface area contributed by atoms with Crippen molar-refractivity contribution in [1.29, 1.82) is 0 Å². The second-order valence-corrected chi connectivity index (χ2v) is 8.16. The molecule has 0 saturated heterocycles. The third-order valence-corrected chi connectivity index (χ3v) is 3.22. The fraction of sp³-hybridized carbons (Fsp3) is 0.529. The van der Waals surface area contributed by atoms with Gasteiger partial charge in [0, 0.05) is 12.1 Å². The van der Waals surface area contributed by atoms with E-state index < -0.39 is 34.6 Å². The summed E-state index contributed by atoms with van der Waals surface area (Å²) in [5, 5.41) is 23.8. The van der Waals surface area contributed by atoms with Crippen LogP contribution in [0.5, 0.6) is 0 Å². The Kier molecular flexibility index (Phi) is 5.95. The predicted molar refractivity (Wildman–Crippen MR) is 102 cm³/mol. The first kappa shape index (κ1) is 21.9. The van der Waals surface area contributed by atoms with Crippen LogP contribution in [0.15, 0.2) is 18.2 Å². The molecule has 1 aromatic heterocycles. The minimum Gasteiger partial charge on any atom is -0.444 e. The number of carbonyl (C=O) groups excluding carboxylic acids is 2. The number of nitro groups is 1. The number of alkyl carbamates (subject to hydrolysis) is 2. The van der Waals surface area contributed by atoms with Gasteiger partial charge in [-0.3, -0.25) is 20.7 Å². The van der Waals surface area contributed by atoms with Crippen molar-refractivity contribution in [3.8, 4) is 0 Å². The number of nitro benzene ring substituents is 1. The standard InChI is InChI=1S/C17H24N6O6/c1-16(2,3)28-14(24)18-13(19-15(25)29-17(4,5)6)22-12-9-10(23(26)27)7-8-11(12)20-21-22/h7-9,13H,1-6H3,(H,18,24)(H,19,25). The van der Waals surface area contributed by atoms with E-state index in [1.165, 1.54) is 18.2 Å². The zero-order chi connectivity index (χ0) is 22.0. The first-order chi connectivity index (χ1) is 13.2. The Balaban J connectivity index is 2.39. The summed E-state index contributed by atoms with van der Waals surface area (Å²) in [6.45, 7) is 10.1. The molecule has 0 saturated carbocycles. The molecule has 2 amide bonds. The average Bonchev–Trinajstić information content (AvgIpc) is 2.93. The van der Waals surface area contributed by atoms with Crippen molar-refractivity contribution >= 4 is 28.9 Å². The Morgan fingerprint density at radius 1 is 1.07 bits per heavy atom. The SMILES string of the molecule is CC(C)(C)OC(=O)NC(NC(=O)OC(C)(C)C)n1nnc2ccc([N+](=O)[O-])cc21. The number of non-ortho nitro benzene ring substituents is 1. The van der Waals surface area contributed by atoms with E-state index in [4.69, 9.17) is 9.47 Å². The molecule has 1 aromatic carbocycles. The lowest BCUT2D eigenvalue weighted by molar-refractivity contribution is -0.384. The van der Waals surface area contributed by atoms with Gasteiger partial charge in [-0.15, -0.1) is 5.10 Å². The maximum absolute atomic E-state index is 12.2. The molecule has 0 atom stereocenters. The molecule has 12 nitrogen and oxygen atoms in total. The van der Waals surface area contributed by atoms with E-state index >= 15 is 0 Å². The fourth-order valence-electron chi connectivity index (χ4n) is 2.23. The Morgan fingerprint density at radius 3 is 2.03 bits per heavy atom. The van der Waals surface area contributed by atoms with E-state index in [1.807, 2.05) is 0 Å². The van der Waals surface area contributed by atoms with E-state index in [2.05, 4.69) is 20.9 Å². The Morgan fingerprint density at radius 2 is 1.59 bits per heavy atom. The van der Waals surface area contributed by atoms with Gasteiger partial charge in [0.15, 0.2) is 0 Å². The highest BCUT2D eigenvalue weighted by Gasteiger charge is 2.26. The number of ether oxygens (including phenoxy) is 2. The van der Waals surface area contributed by atoms with Gasteiger partial charge in [0.2, 0.25) is 6.29 Å². The molecule has 0 bridgehead atoms. The Hall–Kier alpha value is -3.44. The molecular formula is C17H24N6O6. The second-order valence-electron chi connectivity index (χ2n) is 8.16. The minimum atomic E-state index is -1.27. The summed E-state index contributed by atoms with van der Waals surface area (Å²) in [7, 11) is 0. The van der Waals surface area contributed by atoms with Gasteiger partial charge in [0.1, 0.15) is 16.7 Å². The largest absolute Gasteiger partial charge is 0.444 e. The number of amides is 2. The summed E-state index contributed by atoms with van der Waals surface area (Å²) in [6.07, 6.45) is -2.95. The van der Waals surface area contributed by atoms with Crippen molar-refractivity contribution in [1.82, 2.24) is 25.6 Å². The number of nitrogens with zero attached hydrogens (tertiary/aromatic N) is 4.